The van der Waals surface area contributed by atoms with Gasteiger partial charge in [0.25, 0.3) is 0 Å². The van der Waals surface area contributed by atoms with Crippen LogP contribution >= 0.6 is 0 Å². The highest BCUT2D eigenvalue weighted by molar-refractivity contribution is 5.64. The van der Waals surface area contributed by atoms with E-state index >= 15 is 0 Å². The third kappa shape index (κ3) is 2.44. The Balaban J connectivity index is 1.87. The summed E-state index contributed by atoms with van der Waals surface area (Å²) in [6, 6.07) is 0. The number of ether oxygens (including phenoxy) is 5. The number of rotatable bonds is 1. The standard InChI is InChI=1S/C13H21NO6/c1-12(2)16-6-8-10(18-12)11-9(7(17-8)5-14-15)19-13(3,4)20-11/h5,7-11,15H,6H2,1-4H3/b14-5+/t7-,8+,9+,10+,11+/m0/s1. The summed E-state index contributed by atoms with van der Waals surface area (Å²) < 4.78 is 29.3. The van der Waals surface area contributed by atoms with E-state index in [-0.39, 0.29) is 24.4 Å². The molecule has 0 amide bonds. The Morgan fingerprint density at radius 3 is 2.35 bits per heavy atom. The first kappa shape index (κ1) is 14.2. The molecule has 7 heteroatoms. The molecular weight excluding hydrogens is 266 g/mol. The Bertz CT molecular complexity index is 410. The summed E-state index contributed by atoms with van der Waals surface area (Å²) in [4.78, 5) is 0. The Kier molecular flexibility index (Phi) is 3.30. The molecule has 0 bridgehead atoms. The Morgan fingerprint density at radius 2 is 1.65 bits per heavy atom. The molecule has 114 valence electrons. The summed E-state index contributed by atoms with van der Waals surface area (Å²) in [5.41, 5.74) is 0. The molecule has 20 heavy (non-hydrogen) atoms. The number of fused-ring (bicyclic) bond motifs is 3. The maximum absolute atomic E-state index is 8.78. The van der Waals surface area contributed by atoms with Crippen LogP contribution in [0.25, 0.3) is 0 Å². The topological polar surface area (TPSA) is 78.7 Å². The molecule has 0 saturated carbocycles. The second kappa shape index (κ2) is 4.64. The van der Waals surface area contributed by atoms with Crippen LogP contribution in [0, 0.1) is 0 Å². The van der Waals surface area contributed by atoms with Gasteiger partial charge in [-0.25, -0.2) is 0 Å². The van der Waals surface area contributed by atoms with Gasteiger partial charge in [-0.1, -0.05) is 5.16 Å². The minimum atomic E-state index is -0.721. The summed E-state index contributed by atoms with van der Waals surface area (Å²) in [5, 5.41) is 11.8. The molecule has 3 rings (SSSR count). The number of nitrogens with zero attached hydrogens (tertiary/aromatic N) is 1. The molecule has 0 aromatic rings. The maximum atomic E-state index is 8.78. The lowest BCUT2D eigenvalue weighted by Gasteiger charge is -2.47. The lowest BCUT2D eigenvalue weighted by Crippen LogP contribution is -2.63. The molecule has 0 unspecified atom stereocenters. The number of hydrogen-bond donors (Lipinski definition) is 1. The summed E-state index contributed by atoms with van der Waals surface area (Å²) in [5.74, 6) is -1.40. The zero-order chi connectivity index (χ0) is 14.5. The Morgan fingerprint density at radius 1 is 1.00 bits per heavy atom. The van der Waals surface area contributed by atoms with Gasteiger partial charge in [0.15, 0.2) is 11.6 Å². The smallest absolute Gasteiger partial charge is 0.164 e. The fourth-order valence-corrected chi connectivity index (χ4v) is 3.00. The molecule has 0 aromatic carbocycles. The molecule has 0 spiro atoms. The van der Waals surface area contributed by atoms with Gasteiger partial charge in [0.1, 0.15) is 30.5 Å². The lowest BCUT2D eigenvalue weighted by atomic mass is 9.94. The third-order valence-electron chi connectivity index (χ3n) is 3.74. The van der Waals surface area contributed by atoms with Crippen LogP contribution in [0.15, 0.2) is 5.16 Å². The van der Waals surface area contributed by atoms with E-state index in [0.717, 1.165) is 0 Å². The lowest BCUT2D eigenvalue weighted by molar-refractivity contribution is -0.343. The Labute approximate surface area is 117 Å². The van der Waals surface area contributed by atoms with Crippen molar-refractivity contribution in [3.63, 3.8) is 0 Å². The van der Waals surface area contributed by atoms with Crippen molar-refractivity contribution >= 4 is 6.21 Å². The molecule has 3 aliphatic rings. The summed E-state index contributed by atoms with van der Waals surface area (Å²) in [7, 11) is 0. The zero-order valence-electron chi connectivity index (χ0n) is 12.1. The van der Waals surface area contributed by atoms with Crippen LogP contribution in [0.3, 0.4) is 0 Å². The minimum absolute atomic E-state index is 0.270. The molecule has 0 radical (unpaired) electrons. The van der Waals surface area contributed by atoms with Crippen molar-refractivity contribution in [3.8, 4) is 0 Å². The SMILES string of the molecule is CC1(C)O[C@@H]2[C@H](O1)[C@H](/C=N/O)O[C@@H]1COC(C)(C)O[C@@H]21. The molecular formula is C13H21NO6. The van der Waals surface area contributed by atoms with Crippen LogP contribution in [0.2, 0.25) is 0 Å². The summed E-state index contributed by atoms with van der Waals surface area (Å²) >= 11 is 0. The highest BCUT2D eigenvalue weighted by atomic mass is 16.8. The van der Waals surface area contributed by atoms with Gasteiger partial charge in [0.05, 0.1) is 12.8 Å². The van der Waals surface area contributed by atoms with Crippen molar-refractivity contribution in [1.82, 2.24) is 0 Å². The van der Waals surface area contributed by atoms with E-state index in [2.05, 4.69) is 5.16 Å². The maximum Gasteiger partial charge on any atom is 0.164 e. The van der Waals surface area contributed by atoms with Crippen LogP contribution in [0.1, 0.15) is 27.7 Å². The van der Waals surface area contributed by atoms with Crippen LogP contribution < -0.4 is 0 Å². The van der Waals surface area contributed by atoms with Crippen LogP contribution in [-0.4, -0.2) is 60.1 Å². The normalized spacial score (nSPS) is 46.1. The van der Waals surface area contributed by atoms with Gasteiger partial charge >= 0.3 is 0 Å². The molecule has 3 aliphatic heterocycles. The fourth-order valence-electron chi connectivity index (χ4n) is 3.00. The van der Waals surface area contributed by atoms with Crippen molar-refractivity contribution in [2.24, 2.45) is 5.16 Å². The minimum Gasteiger partial charge on any atom is -0.411 e. The van der Waals surface area contributed by atoms with E-state index in [4.69, 9.17) is 28.9 Å². The number of oxime groups is 1. The molecule has 0 aromatic heterocycles. The molecule has 3 saturated heterocycles. The van der Waals surface area contributed by atoms with Crippen molar-refractivity contribution in [2.75, 3.05) is 6.61 Å². The average molecular weight is 287 g/mol. The predicted molar refractivity (Wildman–Crippen MR) is 67.7 cm³/mol. The van der Waals surface area contributed by atoms with Crippen molar-refractivity contribution in [2.45, 2.75) is 69.8 Å². The molecule has 3 heterocycles. The van der Waals surface area contributed by atoms with Gasteiger partial charge in [0, 0.05) is 0 Å². The van der Waals surface area contributed by atoms with E-state index in [9.17, 15) is 0 Å². The van der Waals surface area contributed by atoms with Gasteiger partial charge in [0.2, 0.25) is 0 Å². The highest BCUT2D eigenvalue weighted by Gasteiger charge is 2.58. The first-order valence-corrected chi connectivity index (χ1v) is 6.82. The van der Waals surface area contributed by atoms with E-state index in [1.54, 1.807) is 0 Å². The largest absolute Gasteiger partial charge is 0.411 e. The number of hydrogen-bond acceptors (Lipinski definition) is 7. The van der Waals surface area contributed by atoms with Gasteiger partial charge in [-0.3, -0.25) is 0 Å². The monoisotopic (exact) mass is 287 g/mol. The van der Waals surface area contributed by atoms with Gasteiger partial charge < -0.3 is 28.9 Å². The van der Waals surface area contributed by atoms with Gasteiger partial charge in [-0.2, -0.15) is 0 Å². The van der Waals surface area contributed by atoms with Crippen molar-refractivity contribution in [1.29, 1.82) is 0 Å². The van der Waals surface area contributed by atoms with Gasteiger partial charge in [-0.15, -0.1) is 0 Å². The Hall–Kier alpha value is -0.730. The van der Waals surface area contributed by atoms with E-state index in [1.807, 2.05) is 27.7 Å². The highest BCUT2D eigenvalue weighted by Crippen LogP contribution is 2.41. The van der Waals surface area contributed by atoms with Crippen molar-refractivity contribution in [3.05, 3.63) is 0 Å². The van der Waals surface area contributed by atoms with Crippen molar-refractivity contribution < 1.29 is 28.9 Å². The van der Waals surface area contributed by atoms with Crippen LogP contribution in [0.5, 0.6) is 0 Å². The molecule has 1 N–H and O–H groups in total. The first-order chi connectivity index (χ1) is 9.31. The zero-order valence-corrected chi connectivity index (χ0v) is 12.1. The second-order valence-electron chi connectivity index (χ2n) is 6.26. The quantitative estimate of drug-likeness (QED) is 0.438. The molecule has 3 fully saturated rings. The first-order valence-electron chi connectivity index (χ1n) is 6.82. The summed E-state index contributed by atoms with van der Waals surface area (Å²) in [6.07, 6.45) is -0.357. The third-order valence-corrected chi connectivity index (χ3v) is 3.74. The second-order valence-corrected chi connectivity index (χ2v) is 6.26. The van der Waals surface area contributed by atoms with Crippen LogP contribution in [-0.2, 0) is 23.7 Å². The molecule has 0 aliphatic carbocycles. The van der Waals surface area contributed by atoms with E-state index in [0.29, 0.717) is 6.61 Å². The predicted octanol–water partition coefficient (Wildman–Crippen LogP) is 0.885. The average Bonchev–Trinajstić information content (AvgIpc) is 2.66. The van der Waals surface area contributed by atoms with Crippen LogP contribution in [0.4, 0.5) is 0 Å². The van der Waals surface area contributed by atoms with E-state index in [1.165, 1.54) is 6.21 Å². The van der Waals surface area contributed by atoms with Gasteiger partial charge in [-0.05, 0) is 27.7 Å². The molecule has 7 nitrogen and oxygen atoms in total. The van der Waals surface area contributed by atoms with E-state index < -0.39 is 17.7 Å². The summed E-state index contributed by atoms with van der Waals surface area (Å²) in [6.45, 7) is 7.82. The fraction of sp³-hybridized carbons (Fsp3) is 0.923. The molecule has 5 atom stereocenters.